The Kier molecular flexibility index (Phi) is 6.84. The highest BCUT2D eigenvalue weighted by Gasteiger charge is 2.22. The maximum atomic E-state index is 11.7. The van der Waals surface area contributed by atoms with Crippen molar-refractivity contribution >= 4 is 46.0 Å². The summed E-state index contributed by atoms with van der Waals surface area (Å²) in [7, 11) is 1.40. The molecule has 0 spiro atoms. The first-order valence-electron chi connectivity index (χ1n) is 11.4. The van der Waals surface area contributed by atoms with Crippen LogP contribution in [0.1, 0.15) is 18.6 Å². The van der Waals surface area contributed by atoms with Gasteiger partial charge in [0.1, 0.15) is 23.4 Å². The zero-order chi connectivity index (χ0) is 25.2. The zero-order valence-electron chi connectivity index (χ0n) is 19.7. The third-order valence-electron chi connectivity index (χ3n) is 6.20. The van der Waals surface area contributed by atoms with Crippen LogP contribution in [0.4, 0.5) is 10.6 Å². The lowest BCUT2D eigenvalue weighted by atomic mass is 10.1. The van der Waals surface area contributed by atoms with Crippen LogP contribution in [0.15, 0.2) is 48.9 Å². The van der Waals surface area contributed by atoms with E-state index in [1.54, 1.807) is 17.3 Å². The van der Waals surface area contributed by atoms with Gasteiger partial charge in [0.2, 0.25) is 0 Å². The minimum absolute atomic E-state index is 0.298. The molecule has 1 saturated heterocycles. The van der Waals surface area contributed by atoms with Gasteiger partial charge in [0, 0.05) is 61.3 Å². The Morgan fingerprint density at radius 1 is 1.06 bits per heavy atom. The molecular formula is C25H24Cl2N6O3. The van der Waals surface area contributed by atoms with E-state index in [0.29, 0.717) is 47.5 Å². The van der Waals surface area contributed by atoms with Crippen molar-refractivity contribution in [1.82, 2.24) is 25.1 Å². The monoisotopic (exact) mass is 526 g/mol. The van der Waals surface area contributed by atoms with Crippen molar-refractivity contribution in [2.45, 2.75) is 13.0 Å². The lowest BCUT2D eigenvalue weighted by Gasteiger charge is -2.34. The van der Waals surface area contributed by atoms with Gasteiger partial charge in [-0.1, -0.05) is 23.2 Å². The van der Waals surface area contributed by atoms with Crippen molar-refractivity contribution in [1.29, 1.82) is 0 Å². The molecule has 1 atom stereocenters. The first-order chi connectivity index (χ1) is 17.4. The number of H-pyrrole nitrogens is 1. The van der Waals surface area contributed by atoms with Gasteiger partial charge in [-0.2, -0.15) is 5.10 Å². The fraction of sp³-hybridized carbons (Fsp3) is 0.280. The summed E-state index contributed by atoms with van der Waals surface area (Å²) in [5.41, 5.74) is 3.22. The van der Waals surface area contributed by atoms with Crippen LogP contribution in [0.3, 0.4) is 0 Å². The van der Waals surface area contributed by atoms with Crippen LogP contribution < -0.4 is 9.64 Å². The molecule has 0 aliphatic carbocycles. The molecule has 11 heteroatoms. The molecule has 4 heterocycles. The predicted octanol–water partition coefficient (Wildman–Crippen LogP) is 5.36. The van der Waals surface area contributed by atoms with Gasteiger partial charge < -0.3 is 19.3 Å². The van der Waals surface area contributed by atoms with Gasteiger partial charge in [0.05, 0.1) is 22.7 Å². The van der Waals surface area contributed by atoms with E-state index in [0.717, 1.165) is 28.0 Å². The van der Waals surface area contributed by atoms with E-state index in [2.05, 4.69) is 25.1 Å². The molecule has 9 nitrogen and oxygen atoms in total. The second-order valence-electron chi connectivity index (χ2n) is 8.41. The minimum Gasteiger partial charge on any atom is -0.486 e. The normalized spacial score (nSPS) is 14.7. The number of nitrogens with one attached hydrogen (secondary N) is 1. The van der Waals surface area contributed by atoms with E-state index in [1.807, 2.05) is 43.5 Å². The summed E-state index contributed by atoms with van der Waals surface area (Å²) < 4.78 is 11.0. The molecule has 1 amide bonds. The molecular weight excluding hydrogens is 503 g/mol. The van der Waals surface area contributed by atoms with Crippen molar-refractivity contribution in [3.63, 3.8) is 0 Å². The largest absolute Gasteiger partial charge is 0.486 e. The fourth-order valence-electron chi connectivity index (χ4n) is 4.32. The summed E-state index contributed by atoms with van der Waals surface area (Å²) in [6.07, 6.45) is 4.24. The first kappa shape index (κ1) is 24.1. The average Bonchev–Trinajstić information content (AvgIpc) is 3.31. The Bertz CT molecular complexity index is 1370. The van der Waals surface area contributed by atoms with E-state index < -0.39 is 0 Å². The number of carbonyl (C=O) groups is 1. The summed E-state index contributed by atoms with van der Waals surface area (Å²) in [6, 6.07) is 9.70. The number of amides is 1. The van der Waals surface area contributed by atoms with Crippen LogP contribution >= 0.6 is 23.2 Å². The van der Waals surface area contributed by atoms with Crippen molar-refractivity contribution < 1.29 is 14.3 Å². The highest BCUT2D eigenvalue weighted by atomic mass is 35.5. The lowest BCUT2D eigenvalue weighted by Crippen LogP contribution is -2.49. The van der Waals surface area contributed by atoms with Gasteiger partial charge in [-0.3, -0.25) is 10.1 Å². The van der Waals surface area contributed by atoms with Crippen LogP contribution in [-0.2, 0) is 4.74 Å². The van der Waals surface area contributed by atoms with Gasteiger partial charge in [-0.15, -0.1) is 0 Å². The summed E-state index contributed by atoms with van der Waals surface area (Å²) in [5.74, 6) is 1.52. The van der Waals surface area contributed by atoms with Gasteiger partial charge in [0.15, 0.2) is 0 Å². The lowest BCUT2D eigenvalue weighted by molar-refractivity contribution is 0.121. The zero-order valence-corrected chi connectivity index (χ0v) is 21.3. The second-order valence-corrected chi connectivity index (χ2v) is 9.22. The van der Waals surface area contributed by atoms with Crippen molar-refractivity contribution in [2.24, 2.45) is 0 Å². The van der Waals surface area contributed by atoms with Crippen molar-refractivity contribution in [2.75, 3.05) is 38.2 Å². The molecule has 1 N–H and O–H groups in total. The topological polar surface area (TPSA) is 96.5 Å². The number of fused-ring (bicyclic) bond motifs is 1. The van der Waals surface area contributed by atoms with Crippen molar-refractivity contribution in [3.05, 3.63) is 64.5 Å². The molecule has 3 aromatic heterocycles. The maximum Gasteiger partial charge on any atom is 0.409 e. The Hall–Kier alpha value is -3.56. The van der Waals surface area contributed by atoms with Gasteiger partial charge >= 0.3 is 6.09 Å². The van der Waals surface area contributed by atoms with Crippen molar-refractivity contribution in [3.8, 4) is 17.0 Å². The number of rotatable bonds is 5. The molecule has 1 aromatic carbocycles. The van der Waals surface area contributed by atoms with E-state index in [1.165, 1.54) is 7.11 Å². The van der Waals surface area contributed by atoms with Crippen LogP contribution in [0.5, 0.6) is 5.75 Å². The Morgan fingerprint density at radius 3 is 2.47 bits per heavy atom. The third-order valence-corrected chi connectivity index (χ3v) is 6.80. The van der Waals surface area contributed by atoms with Gasteiger partial charge in [-0.25, -0.2) is 9.78 Å². The van der Waals surface area contributed by atoms with Crippen LogP contribution in [0.25, 0.3) is 22.2 Å². The van der Waals surface area contributed by atoms with Crippen LogP contribution in [0, 0.1) is 0 Å². The maximum absolute atomic E-state index is 11.7. The number of aromatic nitrogens is 4. The summed E-state index contributed by atoms with van der Waals surface area (Å²) in [4.78, 5) is 24.2. The smallest absolute Gasteiger partial charge is 0.409 e. The highest BCUT2D eigenvalue weighted by molar-refractivity contribution is 6.35. The number of ether oxygens (including phenoxy) is 2. The Morgan fingerprint density at radius 2 is 1.81 bits per heavy atom. The number of hydrogen-bond donors (Lipinski definition) is 1. The van der Waals surface area contributed by atoms with E-state index in [-0.39, 0.29) is 12.2 Å². The number of benzene rings is 1. The highest BCUT2D eigenvalue weighted by Crippen LogP contribution is 2.35. The Labute approximate surface area is 217 Å². The molecule has 0 radical (unpaired) electrons. The molecule has 0 bridgehead atoms. The van der Waals surface area contributed by atoms with Gasteiger partial charge in [0.25, 0.3) is 0 Å². The number of pyridine rings is 2. The standard InChI is InChI=1S/C25H24Cl2N6O3/c1-15(23-19(26)13-28-14-20(23)27)36-17-4-5-21-18(11-17)24(31-30-21)16-3-6-22(29-12-16)32-7-9-33(10-8-32)25(34)35-2/h3-6,11-15H,7-10H2,1-2H3,(H,30,31). The molecule has 0 saturated carbocycles. The SMILES string of the molecule is COC(=O)N1CCN(c2ccc(-c3n[nH]c4ccc(OC(C)c5c(Cl)cncc5Cl)cc34)cn2)CC1. The quantitative estimate of drug-likeness (QED) is 0.374. The van der Waals surface area contributed by atoms with Gasteiger partial charge in [-0.05, 0) is 37.3 Å². The summed E-state index contributed by atoms with van der Waals surface area (Å²) in [6.45, 7) is 4.46. The molecule has 1 aliphatic heterocycles. The first-order valence-corrected chi connectivity index (χ1v) is 12.2. The number of aromatic amines is 1. The number of hydrogen-bond acceptors (Lipinski definition) is 7. The molecule has 1 fully saturated rings. The average molecular weight is 527 g/mol. The Balaban J connectivity index is 1.34. The molecule has 36 heavy (non-hydrogen) atoms. The van der Waals surface area contributed by atoms with E-state index >= 15 is 0 Å². The molecule has 1 aliphatic rings. The number of piperazine rings is 1. The molecule has 186 valence electrons. The molecule has 4 aromatic rings. The number of methoxy groups -OCH3 is 1. The predicted molar refractivity (Wildman–Crippen MR) is 139 cm³/mol. The van der Waals surface area contributed by atoms with Crippen LogP contribution in [0.2, 0.25) is 10.0 Å². The number of anilines is 1. The second kappa shape index (κ2) is 10.2. The summed E-state index contributed by atoms with van der Waals surface area (Å²) >= 11 is 12.6. The minimum atomic E-state index is -0.374. The fourth-order valence-corrected chi connectivity index (χ4v) is 4.99. The third kappa shape index (κ3) is 4.76. The molecule has 5 rings (SSSR count). The number of halogens is 2. The molecule has 1 unspecified atom stereocenters. The number of carbonyl (C=O) groups excluding carboxylic acids is 1. The van der Waals surface area contributed by atoms with E-state index in [9.17, 15) is 4.79 Å². The van der Waals surface area contributed by atoms with Crippen LogP contribution in [-0.4, -0.2) is 64.4 Å². The summed E-state index contributed by atoms with van der Waals surface area (Å²) in [5, 5.41) is 9.41. The number of nitrogens with zero attached hydrogens (tertiary/aromatic N) is 5. The van der Waals surface area contributed by atoms with E-state index in [4.69, 9.17) is 32.7 Å².